The Bertz CT molecular complexity index is 1030. The van der Waals surface area contributed by atoms with Crippen molar-refractivity contribution >= 4 is 11.7 Å². The topological polar surface area (TPSA) is 102 Å². The zero-order valence-electron chi connectivity index (χ0n) is 21.4. The number of carbonyl (C=O) groups excluding carboxylic acids is 1. The van der Waals surface area contributed by atoms with Gasteiger partial charge in [-0.2, -0.15) is 0 Å². The number of aliphatic hydroxyl groups excluding tert-OH is 1. The van der Waals surface area contributed by atoms with Gasteiger partial charge in [0, 0.05) is 56.7 Å². The normalized spacial score (nSPS) is 25.7. The van der Waals surface area contributed by atoms with Gasteiger partial charge in [0.1, 0.15) is 0 Å². The fourth-order valence-corrected chi connectivity index (χ4v) is 5.28. The third-order valence-corrected chi connectivity index (χ3v) is 7.26. The molecule has 2 aromatic carbocycles. The van der Waals surface area contributed by atoms with E-state index in [0.717, 1.165) is 55.6 Å². The van der Waals surface area contributed by atoms with Crippen LogP contribution in [0, 0.1) is 0 Å². The number of amides is 2. The van der Waals surface area contributed by atoms with Crippen molar-refractivity contribution in [2.45, 2.75) is 57.1 Å². The average Bonchev–Trinajstić information content (AvgIpc) is 3.38. The van der Waals surface area contributed by atoms with Crippen molar-refractivity contribution < 1.29 is 28.8 Å². The maximum atomic E-state index is 12.0. The van der Waals surface area contributed by atoms with E-state index in [4.69, 9.17) is 18.9 Å². The van der Waals surface area contributed by atoms with Crippen LogP contribution in [0.2, 0.25) is 0 Å². The Labute approximate surface area is 218 Å². The zero-order valence-corrected chi connectivity index (χ0v) is 21.4. The number of carbonyl (C=O) groups is 1. The first-order chi connectivity index (χ1) is 18.1. The van der Waals surface area contributed by atoms with Gasteiger partial charge in [-0.15, -0.1) is 0 Å². The molecule has 3 heterocycles. The van der Waals surface area contributed by atoms with Crippen molar-refractivity contribution in [2.75, 3.05) is 44.7 Å². The molecule has 1 unspecified atom stereocenters. The van der Waals surface area contributed by atoms with Crippen molar-refractivity contribution in [3.05, 3.63) is 65.2 Å². The molecule has 0 bridgehead atoms. The van der Waals surface area contributed by atoms with Gasteiger partial charge in [0.05, 0.1) is 32.0 Å². The quantitative estimate of drug-likeness (QED) is 0.521. The van der Waals surface area contributed by atoms with Crippen LogP contribution in [-0.4, -0.2) is 67.3 Å². The number of urea groups is 1. The molecule has 0 saturated carbocycles. The lowest BCUT2D eigenvalue weighted by Crippen LogP contribution is -2.48. The molecule has 0 aliphatic carbocycles. The van der Waals surface area contributed by atoms with Gasteiger partial charge in [0.2, 0.25) is 0 Å². The minimum atomic E-state index is -0.574. The molecule has 3 fully saturated rings. The number of piperidine rings is 1. The second kappa shape index (κ2) is 11.9. The fraction of sp³-hybridized carbons (Fsp3) is 0.536. The van der Waals surface area contributed by atoms with Crippen LogP contribution in [0.4, 0.5) is 10.5 Å². The highest BCUT2D eigenvalue weighted by molar-refractivity contribution is 5.89. The molecule has 0 aromatic heterocycles. The van der Waals surface area contributed by atoms with Gasteiger partial charge < -0.3 is 39.6 Å². The predicted molar refractivity (Wildman–Crippen MR) is 138 cm³/mol. The van der Waals surface area contributed by atoms with E-state index in [1.54, 1.807) is 0 Å². The maximum Gasteiger partial charge on any atom is 0.319 e. The minimum absolute atomic E-state index is 0.00937. The summed E-state index contributed by atoms with van der Waals surface area (Å²) in [6.45, 7) is 6.37. The highest BCUT2D eigenvalue weighted by Crippen LogP contribution is 2.39. The molecule has 37 heavy (non-hydrogen) atoms. The van der Waals surface area contributed by atoms with Crippen LogP contribution in [0.3, 0.4) is 0 Å². The summed E-state index contributed by atoms with van der Waals surface area (Å²) in [5.74, 6) is -0.399. The lowest BCUT2D eigenvalue weighted by atomic mass is 9.98. The molecule has 2 aromatic rings. The molecule has 0 radical (unpaired) electrons. The van der Waals surface area contributed by atoms with E-state index in [9.17, 15) is 9.90 Å². The van der Waals surface area contributed by atoms with Crippen molar-refractivity contribution in [1.29, 1.82) is 0 Å². The SMILES string of the molecule is CCNC(=O)Nc1cccc(C2O[C@H](CN3CCC4(CC3)OCCO4)C[C@H](c3ccc(CO)cc3)O2)c1. The first-order valence-corrected chi connectivity index (χ1v) is 13.2. The Morgan fingerprint density at radius 3 is 2.51 bits per heavy atom. The van der Waals surface area contributed by atoms with E-state index in [-0.39, 0.29) is 24.8 Å². The molecule has 3 aliphatic rings. The van der Waals surface area contributed by atoms with Gasteiger partial charge in [-0.1, -0.05) is 36.4 Å². The largest absolute Gasteiger partial charge is 0.392 e. The van der Waals surface area contributed by atoms with E-state index >= 15 is 0 Å². The molecule has 2 amide bonds. The van der Waals surface area contributed by atoms with Crippen LogP contribution in [0.1, 0.15) is 55.3 Å². The van der Waals surface area contributed by atoms with Gasteiger partial charge in [0.15, 0.2) is 12.1 Å². The van der Waals surface area contributed by atoms with Gasteiger partial charge in [-0.05, 0) is 30.2 Å². The average molecular weight is 512 g/mol. The number of nitrogens with zero attached hydrogens (tertiary/aromatic N) is 1. The Balaban J connectivity index is 1.31. The molecule has 3 N–H and O–H groups in total. The van der Waals surface area contributed by atoms with Crippen molar-refractivity contribution in [3.8, 4) is 0 Å². The third-order valence-electron chi connectivity index (χ3n) is 7.26. The first kappa shape index (κ1) is 26.1. The number of likely N-dealkylation sites (tertiary alicyclic amines) is 1. The number of ether oxygens (including phenoxy) is 4. The molecule has 9 nitrogen and oxygen atoms in total. The zero-order chi connectivity index (χ0) is 25.7. The predicted octanol–water partition coefficient (Wildman–Crippen LogP) is 3.70. The first-order valence-electron chi connectivity index (χ1n) is 13.2. The fourth-order valence-electron chi connectivity index (χ4n) is 5.28. The Kier molecular flexibility index (Phi) is 8.39. The van der Waals surface area contributed by atoms with E-state index < -0.39 is 12.1 Å². The summed E-state index contributed by atoms with van der Waals surface area (Å²) in [6.07, 6.45) is 1.67. The van der Waals surface area contributed by atoms with Crippen LogP contribution in [0.15, 0.2) is 48.5 Å². The lowest BCUT2D eigenvalue weighted by molar-refractivity contribution is -0.255. The molecular weight excluding hydrogens is 474 g/mol. The van der Waals surface area contributed by atoms with Gasteiger partial charge >= 0.3 is 6.03 Å². The monoisotopic (exact) mass is 511 g/mol. The molecule has 3 atom stereocenters. The number of hydrogen-bond donors (Lipinski definition) is 3. The summed E-state index contributed by atoms with van der Waals surface area (Å²) in [5.41, 5.74) is 3.45. The summed E-state index contributed by atoms with van der Waals surface area (Å²) in [6, 6.07) is 15.2. The van der Waals surface area contributed by atoms with E-state index in [2.05, 4.69) is 15.5 Å². The molecule has 200 valence electrons. The van der Waals surface area contributed by atoms with Crippen LogP contribution in [0.5, 0.6) is 0 Å². The summed E-state index contributed by atoms with van der Waals surface area (Å²) in [4.78, 5) is 14.4. The Morgan fingerprint density at radius 1 is 1.05 bits per heavy atom. The van der Waals surface area contributed by atoms with Crippen molar-refractivity contribution in [2.24, 2.45) is 0 Å². The molecule has 1 spiro atoms. The molecule has 5 rings (SSSR count). The summed E-state index contributed by atoms with van der Waals surface area (Å²) in [7, 11) is 0. The number of rotatable bonds is 7. The molecule has 9 heteroatoms. The second-order valence-corrected chi connectivity index (χ2v) is 9.87. The highest BCUT2D eigenvalue weighted by Gasteiger charge is 2.41. The van der Waals surface area contributed by atoms with Crippen LogP contribution < -0.4 is 10.6 Å². The number of nitrogens with one attached hydrogen (secondary N) is 2. The number of benzene rings is 2. The van der Waals surface area contributed by atoms with Gasteiger partial charge in [0.25, 0.3) is 0 Å². The maximum absolute atomic E-state index is 12.0. The third kappa shape index (κ3) is 6.49. The van der Waals surface area contributed by atoms with Crippen molar-refractivity contribution in [3.63, 3.8) is 0 Å². The Morgan fingerprint density at radius 2 is 1.81 bits per heavy atom. The van der Waals surface area contributed by atoms with E-state index in [1.807, 2.05) is 55.5 Å². The van der Waals surface area contributed by atoms with Crippen LogP contribution in [0.25, 0.3) is 0 Å². The molecule has 3 aliphatic heterocycles. The smallest absolute Gasteiger partial charge is 0.319 e. The molecular formula is C28H37N3O6. The number of anilines is 1. The summed E-state index contributed by atoms with van der Waals surface area (Å²) < 4.78 is 24.7. The lowest BCUT2D eigenvalue weighted by Gasteiger charge is -2.41. The van der Waals surface area contributed by atoms with Crippen molar-refractivity contribution in [1.82, 2.24) is 10.2 Å². The molecule has 3 saturated heterocycles. The van der Waals surface area contributed by atoms with Crippen LogP contribution >= 0.6 is 0 Å². The van der Waals surface area contributed by atoms with Gasteiger partial charge in [-0.25, -0.2) is 4.79 Å². The summed E-state index contributed by atoms with van der Waals surface area (Å²) in [5, 5.41) is 15.1. The standard InChI is InChI=1S/C28H37N3O6/c1-2-29-27(33)30-23-5-3-4-22(16-23)26-36-24(17-25(37-26)21-8-6-20(19-32)7-9-21)18-31-12-10-28(11-13-31)34-14-15-35-28/h3-9,16,24-26,32H,2,10-15,17-19H2,1H3,(H2,29,30,33)/t24-,25+,26?/m0/s1. The van der Waals surface area contributed by atoms with Crippen LogP contribution in [-0.2, 0) is 25.6 Å². The Hall–Kier alpha value is -2.53. The van der Waals surface area contributed by atoms with E-state index in [0.29, 0.717) is 25.4 Å². The van der Waals surface area contributed by atoms with E-state index in [1.165, 1.54) is 0 Å². The second-order valence-electron chi connectivity index (χ2n) is 9.87. The summed E-state index contributed by atoms with van der Waals surface area (Å²) >= 11 is 0. The minimum Gasteiger partial charge on any atom is -0.392 e. The number of aliphatic hydroxyl groups is 1. The van der Waals surface area contributed by atoms with Gasteiger partial charge in [-0.3, -0.25) is 0 Å². The highest BCUT2D eigenvalue weighted by atomic mass is 16.7. The number of hydrogen-bond acceptors (Lipinski definition) is 7.